The van der Waals surface area contributed by atoms with E-state index in [1.165, 1.54) is 40.9 Å². The van der Waals surface area contributed by atoms with Crippen molar-refractivity contribution in [2.75, 3.05) is 18.1 Å². The highest BCUT2D eigenvalue weighted by atomic mass is 32.2. The minimum atomic E-state index is -0.532. The summed E-state index contributed by atoms with van der Waals surface area (Å²) in [5.74, 6) is -1.04. The number of hydrogen-bond donors (Lipinski definition) is 1. The van der Waals surface area contributed by atoms with Crippen molar-refractivity contribution in [3.63, 3.8) is 0 Å². The highest BCUT2D eigenvalue weighted by Gasteiger charge is 2.47. The van der Waals surface area contributed by atoms with Crippen LogP contribution in [0.5, 0.6) is 0 Å². The van der Waals surface area contributed by atoms with Crippen molar-refractivity contribution >= 4 is 47.1 Å². The van der Waals surface area contributed by atoms with E-state index in [1.807, 2.05) is 24.5 Å². The fraction of sp³-hybridized carbons (Fsp3) is 0.227. The molecule has 1 N–H and O–H groups in total. The molecule has 1 fully saturated rings. The molecule has 1 saturated heterocycles. The smallest absolute Gasteiger partial charge is 0.325 e. The first-order chi connectivity index (χ1) is 15.0. The maximum absolute atomic E-state index is 13.2. The Balaban J connectivity index is 1.51. The van der Waals surface area contributed by atoms with Gasteiger partial charge >= 0.3 is 6.03 Å². The zero-order valence-corrected chi connectivity index (χ0v) is 18.3. The number of rotatable bonds is 6. The van der Waals surface area contributed by atoms with Gasteiger partial charge in [0, 0.05) is 10.6 Å². The van der Waals surface area contributed by atoms with Crippen LogP contribution in [0.4, 0.5) is 14.9 Å². The number of urea groups is 1. The van der Waals surface area contributed by atoms with Crippen LogP contribution in [0.2, 0.25) is 0 Å². The molecular formula is C22H20FN3O3S2. The number of anilines is 1. The Bertz CT molecular complexity index is 1040. The average Bonchev–Trinajstić information content (AvgIpc) is 3.26. The summed E-state index contributed by atoms with van der Waals surface area (Å²) in [7, 11) is 0. The molecule has 0 spiro atoms. The molecule has 160 valence electrons. The first kappa shape index (κ1) is 21.5. The highest BCUT2D eigenvalue weighted by Crippen LogP contribution is 2.35. The number of fused-ring (bicyclic) bond motifs is 1. The van der Waals surface area contributed by atoms with Gasteiger partial charge in [-0.3, -0.25) is 14.5 Å². The first-order valence-electron chi connectivity index (χ1n) is 9.59. The third kappa shape index (κ3) is 4.62. The Labute approximate surface area is 187 Å². The van der Waals surface area contributed by atoms with Gasteiger partial charge in [0.2, 0.25) is 11.8 Å². The standard InChI is InChI=1S/C22H20FN3O3S2/c1-30-17-4-2-3-16(11-17)24-19(27)13-25-18-9-10-31-20(18)21(28)26(22(25)29)12-14-5-7-15(23)8-6-14/h2-11,18,20H,12-13H2,1H3,(H,24,27). The molecule has 0 saturated carbocycles. The number of hydrogen-bond acceptors (Lipinski definition) is 5. The monoisotopic (exact) mass is 457 g/mol. The van der Waals surface area contributed by atoms with Crippen LogP contribution in [-0.2, 0) is 16.1 Å². The molecular weight excluding hydrogens is 437 g/mol. The van der Waals surface area contributed by atoms with Gasteiger partial charge in [0.15, 0.2) is 0 Å². The molecule has 6 nitrogen and oxygen atoms in total. The summed E-state index contributed by atoms with van der Waals surface area (Å²) in [5, 5.41) is 4.12. The summed E-state index contributed by atoms with van der Waals surface area (Å²) in [6.07, 6.45) is 3.73. The number of imide groups is 1. The summed E-state index contributed by atoms with van der Waals surface area (Å²) in [6, 6.07) is 12.1. The molecule has 4 amide bonds. The second-order valence-electron chi connectivity index (χ2n) is 7.12. The van der Waals surface area contributed by atoms with Gasteiger partial charge < -0.3 is 10.2 Å². The minimum absolute atomic E-state index is 0.0234. The van der Waals surface area contributed by atoms with Gasteiger partial charge in [0.25, 0.3) is 0 Å². The number of carbonyl (C=O) groups is 3. The molecule has 2 aliphatic heterocycles. The van der Waals surface area contributed by atoms with Crippen LogP contribution >= 0.6 is 23.5 Å². The van der Waals surface area contributed by atoms with E-state index in [2.05, 4.69) is 5.32 Å². The average molecular weight is 458 g/mol. The zero-order valence-electron chi connectivity index (χ0n) is 16.7. The fourth-order valence-corrected chi connectivity index (χ4v) is 5.06. The maximum atomic E-state index is 13.2. The summed E-state index contributed by atoms with van der Waals surface area (Å²) in [4.78, 5) is 42.4. The number of amides is 4. The lowest BCUT2D eigenvalue weighted by atomic mass is 10.1. The van der Waals surface area contributed by atoms with Crippen molar-refractivity contribution in [2.45, 2.75) is 22.7 Å². The molecule has 31 heavy (non-hydrogen) atoms. The van der Waals surface area contributed by atoms with Gasteiger partial charge in [0.1, 0.15) is 17.6 Å². The van der Waals surface area contributed by atoms with Crippen molar-refractivity contribution in [1.29, 1.82) is 0 Å². The Morgan fingerprint density at radius 1 is 1.19 bits per heavy atom. The lowest BCUT2D eigenvalue weighted by Gasteiger charge is -2.40. The zero-order chi connectivity index (χ0) is 22.0. The molecule has 4 rings (SSSR count). The van der Waals surface area contributed by atoms with Crippen LogP contribution in [0.25, 0.3) is 0 Å². The van der Waals surface area contributed by atoms with Crippen LogP contribution in [0.3, 0.4) is 0 Å². The van der Waals surface area contributed by atoms with E-state index in [1.54, 1.807) is 29.3 Å². The predicted octanol–water partition coefficient (Wildman–Crippen LogP) is 3.95. The topological polar surface area (TPSA) is 69.7 Å². The van der Waals surface area contributed by atoms with E-state index in [4.69, 9.17) is 0 Å². The lowest BCUT2D eigenvalue weighted by Crippen LogP contribution is -2.62. The quantitative estimate of drug-likeness (QED) is 0.666. The summed E-state index contributed by atoms with van der Waals surface area (Å²) >= 11 is 2.90. The van der Waals surface area contributed by atoms with E-state index < -0.39 is 17.3 Å². The molecule has 0 aromatic heterocycles. The third-order valence-electron chi connectivity index (χ3n) is 5.08. The van der Waals surface area contributed by atoms with Crippen LogP contribution in [0.15, 0.2) is 64.9 Å². The van der Waals surface area contributed by atoms with E-state index >= 15 is 0 Å². The van der Waals surface area contributed by atoms with Gasteiger partial charge in [0.05, 0.1) is 12.6 Å². The van der Waals surface area contributed by atoms with E-state index in [-0.39, 0.29) is 30.7 Å². The second-order valence-corrected chi connectivity index (χ2v) is 9.05. The van der Waals surface area contributed by atoms with Gasteiger partial charge in [-0.1, -0.05) is 24.3 Å². The SMILES string of the molecule is CSc1cccc(NC(=O)CN2C(=O)N(Cc3ccc(F)cc3)C(=O)C3SC=CC32)c1. The highest BCUT2D eigenvalue weighted by molar-refractivity contribution is 8.03. The maximum Gasteiger partial charge on any atom is 0.328 e. The fourth-order valence-electron chi connectivity index (χ4n) is 3.54. The van der Waals surface area contributed by atoms with Gasteiger partial charge in [-0.05, 0) is 47.6 Å². The number of nitrogens with one attached hydrogen (secondary N) is 1. The molecule has 2 aromatic carbocycles. The Morgan fingerprint density at radius 2 is 1.97 bits per heavy atom. The van der Waals surface area contributed by atoms with Crippen molar-refractivity contribution in [1.82, 2.24) is 9.80 Å². The molecule has 2 heterocycles. The summed E-state index contributed by atoms with van der Waals surface area (Å²) < 4.78 is 13.2. The lowest BCUT2D eigenvalue weighted by molar-refractivity contribution is -0.132. The van der Waals surface area contributed by atoms with E-state index in [0.29, 0.717) is 11.3 Å². The molecule has 0 bridgehead atoms. The summed E-state index contributed by atoms with van der Waals surface area (Å²) in [5.41, 5.74) is 1.28. The molecule has 2 aliphatic rings. The van der Waals surface area contributed by atoms with Crippen LogP contribution in [0, 0.1) is 5.82 Å². The largest absolute Gasteiger partial charge is 0.328 e. The number of nitrogens with zero attached hydrogens (tertiary/aromatic N) is 2. The third-order valence-corrected chi connectivity index (χ3v) is 6.89. The number of benzene rings is 2. The Hall–Kier alpha value is -2.78. The van der Waals surface area contributed by atoms with Gasteiger partial charge in [-0.25, -0.2) is 9.18 Å². The normalized spacial score (nSPS) is 20.2. The second kappa shape index (κ2) is 9.15. The van der Waals surface area contributed by atoms with E-state index in [9.17, 15) is 18.8 Å². The van der Waals surface area contributed by atoms with Crippen LogP contribution in [-0.4, -0.2) is 51.7 Å². The molecule has 9 heteroatoms. The Morgan fingerprint density at radius 3 is 2.71 bits per heavy atom. The molecule has 2 aromatic rings. The molecule has 2 unspecified atom stereocenters. The number of halogens is 1. The van der Waals surface area contributed by atoms with E-state index in [0.717, 1.165) is 9.80 Å². The first-order valence-corrected chi connectivity index (χ1v) is 11.8. The van der Waals surface area contributed by atoms with Crippen molar-refractivity contribution < 1.29 is 18.8 Å². The van der Waals surface area contributed by atoms with Crippen LogP contribution in [0.1, 0.15) is 5.56 Å². The van der Waals surface area contributed by atoms with Crippen molar-refractivity contribution in [2.24, 2.45) is 0 Å². The summed E-state index contributed by atoms with van der Waals surface area (Å²) in [6.45, 7) is -0.156. The van der Waals surface area contributed by atoms with Crippen molar-refractivity contribution in [3.05, 3.63) is 71.4 Å². The molecule has 0 radical (unpaired) electrons. The predicted molar refractivity (Wildman–Crippen MR) is 120 cm³/mol. The van der Waals surface area contributed by atoms with Crippen LogP contribution < -0.4 is 5.32 Å². The Kier molecular flexibility index (Phi) is 6.33. The molecule has 0 aliphatic carbocycles. The van der Waals surface area contributed by atoms with Crippen molar-refractivity contribution in [3.8, 4) is 0 Å². The number of thioether (sulfide) groups is 2. The number of carbonyl (C=O) groups excluding carboxylic acids is 3. The minimum Gasteiger partial charge on any atom is -0.325 e. The van der Waals surface area contributed by atoms with Gasteiger partial charge in [-0.2, -0.15) is 0 Å². The molecule has 2 atom stereocenters. The van der Waals surface area contributed by atoms with Gasteiger partial charge in [-0.15, -0.1) is 23.5 Å².